The highest BCUT2D eigenvalue weighted by molar-refractivity contribution is 6.06. The molecule has 0 saturated carbocycles. The van der Waals surface area contributed by atoms with Crippen molar-refractivity contribution in [3.63, 3.8) is 0 Å². The van der Waals surface area contributed by atoms with Crippen LogP contribution in [-0.4, -0.2) is 24.4 Å². The lowest BCUT2D eigenvalue weighted by molar-refractivity contribution is 0.769. The number of hydrogen-bond acceptors (Lipinski definition) is 3. The third-order valence-electron chi connectivity index (χ3n) is 5.17. The van der Waals surface area contributed by atoms with Gasteiger partial charge in [0.1, 0.15) is 11.0 Å². The molecular weight excluding hydrogens is 322 g/mol. The van der Waals surface area contributed by atoms with E-state index in [0.29, 0.717) is 0 Å². The van der Waals surface area contributed by atoms with Crippen molar-refractivity contribution in [2.45, 2.75) is 40.0 Å². The molecule has 0 unspecified atom stereocenters. The summed E-state index contributed by atoms with van der Waals surface area (Å²) in [7, 11) is 0. The van der Waals surface area contributed by atoms with E-state index in [4.69, 9.17) is 5.10 Å². The molecule has 0 saturated heterocycles. The molecule has 2 aromatic carbocycles. The third kappa shape index (κ3) is 2.00. The lowest BCUT2D eigenvalue weighted by Crippen LogP contribution is -2.02. The molecule has 5 nitrogen and oxygen atoms in total. The first-order valence-electron chi connectivity index (χ1n) is 9.23. The molecule has 0 aliphatic rings. The van der Waals surface area contributed by atoms with Gasteiger partial charge in [0.2, 0.25) is 0 Å². The second-order valence-corrected chi connectivity index (χ2v) is 7.13. The van der Waals surface area contributed by atoms with Crippen molar-refractivity contribution in [2.75, 3.05) is 0 Å². The maximum atomic E-state index is 4.93. The molecule has 3 aromatic heterocycles. The van der Waals surface area contributed by atoms with Crippen molar-refractivity contribution in [3.8, 4) is 0 Å². The number of rotatable bonds is 3. The van der Waals surface area contributed by atoms with E-state index in [1.54, 1.807) is 0 Å². The second kappa shape index (κ2) is 5.53. The molecule has 0 fully saturated rings. The van der Waals surface area contributed by atoms with Gasteiger partial charge in [0, 0.05) is 5.39 Å². The summed E-state index contributed by atoms with van der Waals surface area (Å²) >= 11 is 0. The molecule has 0 bridgehead atoms. The average molecular weight is 343 g/mol. The van der Waals surface area contributed by atoms with E-state index >= 15 is 0 Å². The predicted molar refractivity (Wildman–Crippen MR) is 105 cm³/mol. The Balaban J connectivity index is 2.08. The van der Waals surface area contributed by atoms with Gasteiger partial charge in [0.15, 0.2) is 0 Å². The fourth-order valence-electron chi connectivity index (χ4n) is 4.03. The summed E-state index contributed by atoms with van der Waals surface area (Å²) in [4.78, 5) is 0. The highest BCUT2D eigenvalue weighted by Crippen LogP contribution is 2.31. The fraction of sp³-hybridized carbons (Fsp3) is 0.286. The van der Waals surface area contributed by atoms with Gasteiger partial charge in [-0.15, -0.1) is 5.10 Å². The Morgan fingerprint density at radius 3 is 2.65 bits per heavy atom. The van der Waals surface area contributed by atoms with E-state index in [1.165, 1.54) is 11.1 Å². The minimum Gasteiger partial charge on any atom is -0.228 e. The van der Waals surface area contributed by atoms with Crippen LogP contribution in [0.1, 0.15) is 36.6 Å². The van der Waals surface area contributed by atoms with Gasteiger partial charge >= 0.3 is 0 Å². The van der Waals surface area contributed by atoms with Crippen LogP contribution in [0.25, 0.3) is 33.0 Å². The summed E-state index contributed by atoms with van der Waals surface area (Å²) in [6.45, 7) is 6.47. The van der Waals surface area contributed by atoms with E-state index in [0.717, 1.165) is 57.9 Å². The Morgan fingerprint density at radius 1 is 0.962 bits per heavy atom. The van der Waals surface area contributed by atoms with Crippen LogP contribution in [0.5, 0.6) is 0 Å². The third-order valence-corrected chi connectivity index (χ3v) is 5.17. The minimum absolute atomic E-state index is 0.936. The summed E-state index contributed by atoms with van der Waals surface area (Å²) in [5.74, 6) is 0. The molecule has 5 rings (SSSR count). The Hall–Kier alpha value is -2.95. The van der Waals surface area contributed by atoms with Crippen molar-refractivity contribution < 1.29 is 0 Å². The zero-order valence-corrected chi connectivity index (χ0v) is 15.3. The van der Waals surface area contributed by atoms with Gasteiger partial charge < -0.3 is 0 Å². The maximum absolute atomic E-state index is 4.93. The number of fused-ring (bicyclic) bond motifs is 8. The van der Waals surface area contributed by atoms with Crippen LogP contribution in [0.3, 0.4) is 0 Å². The van der Waals surface area contributed by atoms with Crippen molar-refractivity contribution in [1.82, 2.24) is 24.4 Å². The van der Waals surface area contributed by atoms with Crippen LogP contribution in [0.4, 0.5) is 0 Å². The largest absolute Gasteiger partial charge is 0.228 e. The van der Waals surface area contributed by atoms with Gasteiger partial charge in [-0.2, -0.15) is 5.10 Å². The monoisotopic (exact) mass is 343 g/mol. The topological polar surface area (TPSA) is 47.5 Å². The van der Waals surface area contributed by atoms with Gasteiger partial charge in [-0.3, -0.25) is 0 Å². The fourth-order valence-corrected chi connectivity index (χ4v) is 4.03. The number of unbranched alkanes of at least 4 members (excludes halogenated alkanes) is 1. The normalized spacial score (nSPS) is 12.1. The molecular formula is C21H21N5. The first kappa shape index (κ1) is 15.3. The zero-order chi connectivity index (χ0) is 17.8. The molecule has 0 aliphatic heterocycles. The summed E-state index contributed by atoms with van der Waals surface area (Å²) in [6, 6.07) is 12.7. The van der Waals surface area contributed by atoms with Crippen molar-refractivity contribution in [1.29, 1.82) is 0 Å². The summed E-state index contributed by atoms with van der Waals surface area (Å²) in [5.41, 5.74) is 8.84. The van der Waals surface area contributed by atoms with E-state index < -0.39 is 0 Å². The number of benzene rings is 2. The lowest BCUT2D eigenvalue weighted by atomic mass is 10.1. The average Bonchev–Trinajstić information content (AvgIpc) is 3.20. The molecule has 0 spiro atoms. The highest BCUT2D eigenvalue weighted by Gasteiger charge is 2.19. The number of hydrogen-bond donors (Lipinski definition) is 0. The molecule has 0 N–H and O–H groups in total. The van der Waals surface area contributed by atoms with Crippen molar-refractivity contribution in [3.05, 3.63) is 53.2 Å². The first-order chi connectivity index (χ1) is 12.7. The minimum atomic E-state index is 0.936. The van der Waals surface area contributed by atoms with Gasteiger partial charge in [0.05, 0.1) is 22.2 Å². The smallest absolute Gasteiger partial charge is 0.117 e. The Morgan fingerprint density at radius 2 is 1.81 bits per heavy atom. The SMILES string of the molecule is CCCCc1nnn2c3cc(C)cc(C)c3n3nc4ccccc4c3c12. The second-order valence-electron chi connectivity index (χ2n) is 7.13. The number of aryl methyl sites for hydroxylation is 3. The van der Waals surface area contributed by atoms with Crippen molar-refractivity contribution >= 4 is 33.0 Å². The van der Waals surface area contributed by atoms with Gasteiger partial charge in [-0.25, -0.2) is 9.03 Å². The highest BCUT2D eigenvalue weighted by atomic mass is 15.4. The molecule has 0 radical (unpaired) electrons. The van der Waals surface area contributed by atoms with Crippen LogP contribution in [-0.2, 0) is 6.42 Å². The molecule has 130 valence electrons. The molecule has 3 heterocycles. The molecule has 26 heavy (non-hydrogen) atoms. The standard InChI is InChI=1S/C21H21N5/c1-4-5-9-17-21-20-15-8-6-7-10-16(15)23-26(20)19-14(3)11-13(2)12-18(19)25(21)24-22-17/h6-8,10-12H,4-5,9H2,1-3H3. The summed E-state index contributed by atoms with van der Waals surface area (Å²) in [6.07, 6.45) is 3.18. The van der Waals surface area contributed by atoms with Crippen LogP contribution >= 0.6 is 0 Å². The lowest BCUT2D eigenvalue weighted by Gasteiger charge is -2.10. The van der Waals surface area contributed by atoms with Gasteiger partial charge in [0.25, 0.3) is 0 Å². The first-order valence-corrected chi connectivity index (χ1v) is 9.23. The van der Waals surface area contributed by atoms with Gasteiger partial charge in [-0.1, -0.05) is 42.8 Å². The van der Waals surface area contributed by atoms with Crippen LogP contribution in [0.15, 0.2) is 36.4 Å². The summed E-state index contributed by atoms with van der Waals surface area (Å²) in [5, 5.41) is 15.2. The quantitative estimate of drug-likeness (QED) is 0.479. The predicted octanol–water partition coefficient (Wildman–Crippen LogP) is 4.64. The molecule has 0 aliphatic carbocycles. The number of aromatic nitrogens is 5. The van der Waals surface area contributed by atoms with Crippen LogP contribution in [0, 0.1) is 13.8 Å². The van der Waals surface area contributed by atoms with Gasteiger partial charge in [-0.05, 0) is 49.9 Å². The summed E-state index contributed by atoms with van der Waals surface area (Å²) < 4.78 is 4.12. The van der Waals surface area contributed by atoms with E-state index in [9.17, 15) is 0 Å². The van der Waals surface area contributed by atoms with E-state index in [1.807, 2.05) is 10.6 Å². The van der Waals surface area contributed by atoms with Crippen LogP contribution in [0.2, 0.25) is 0 Å². The molecule has 0 amide bonds. The Labute approximate surface area is 151 Å². The maximum Gasteiger partial charge on any atom is 0.117 e. The number of nitrogens with zero attached hydrogens (tertiary/aromatic N) is 5. The Bertz CT molecular complexity index is 1290. The molecule has 0 atom stereocenters. The van der Waals surface area contributed by atoms with Crippen molar-refractivity contribution in [2.24, 2.45) is 0 Å². The van der Waals surface area contributed by atoms with E-state index in [-0.39, 0.29) is 0 Å². The molecule has 5 heteroatoms. The Kier molecular flexibility index (Phi) is 3.26. The molecule has 5 aromatic rings. The van der Waals surface area contributed by atoms with Crippen LogP contribution < -0.4 is 0 Å². The zero-order valence-electron chi connectivity index (χ0n) is 15.3. The van der Waals surface area contributed by atoms with E-state index in [2.05, 4.69) is 65.9 Å².